The number of halogens is 2. The van der Waals surface area contributed by atoms with E-state index in [2.05, 4.69) is 0 Å². The van der Waals surface area contributed by atoms with Gasteiger partial charge in [-0.05, 0) is 18.2 Å². The number of nitrogens with zero attached hydrogens (tertiary/aromatic N) is 2. The fraction of sp³-hybridized carbons (Fsp3) is 0. The first-order valence-electron chi connectivity index (χ1n) is 5.28. The normalized spacial score (nSPS) is 10.3. The Balaban J connectivity index is 2.71. The molecule has 0 aromatic heterocycles. The zero-order valence-corrected chi connectivity index (χ0v) is 11.3. The Kier molecular flexibility index (Phi) is 3.87. The largest absolute Gasteiger partial charge is 0.278 e. The van der Waals surface area contributed by atoms with Crippen LogP contribution in [0.25, 0.3) is 11.1 Å². The summed E-state index contributed by atoms with van der Waals surface area (Å²) in [6.45, 7) is 0. The molecule has 0 fully saturated rings. The zero-order chi connectivity index (χ0) is 14.9. The molecule has 0 heterocycles. The van der Waals surface area contributed by atoms with Crippen LogP contribution in [0.15, 0.2) is 36.4 Å². The van der Waals surface area contributed by atoms with E-state index in [4.69, 9.17) is 23.2 Å². The van der Waals surface area contributed by atoms with E-state index < -0.39 is 9.85 Å². The quantitative estimate of drug-likeness (QED) is 0.617. The maximum atomic E-state index is 11.0. The summed E-state index contributed by atoms with van der Waals surface area (Å²) >= 11 is 11.7. The lowest BCUT2D eigenvalue weighted by Crippen LogP contribution is -1.94. The summed E-state index contributed by atoms with van der Waals surface area (Å²) in [6.07, 6.45) is 0. The van der Waals surface area contributed by atoms with Crippen LogP contribution in [0.5, 0.6) is 0 Å². The van der Waals surface area contributed by atoms with Gasteiger partial charge in [-0.15, -0.1) is 0 Å². The molecule has 8 heteroatoms. The van der Waals surface area contributed by atoms with Crippen molar-refractivity contribution in [3.63, 3.8) is 0 Å². The molecule has 0 bridgehead atoms. The van der Waals surface area contributed by atoms with Gasteiger partial charge < -0.3 is 0 Å². The predicted molar refractivity (Wildman–Crippen MR) is 75.2 cm³/mol. The van der Waals surface area contributed by atoms with Gasteiger partial charge >= 0.3 is 0 Å². The van der Waals surface area contributed by atoms with Gasteiger partial charge in [0.05, 0.1) is 15.4 Å². The Morgan fingerprint density at radius 1 is 0.850 bits per heavy atom. The number of nitro benzene ring substituents is 2. The Morgan fingerprint density at radius 3 is 2.15 bits per heavy atom. The van der Waals surface area contributed by atoms with E-state index in [1.807, 2.05) is 0 Å². The van der Waals surface area contributed by atoms with Crippen molar-refractivity contribution < 1.29 is 9.85 Å². The lowest BCUT2D eigenvalue weighted by atomic mass is 10.0. The van der Waals surface area contributed by atoms with Crippen LogP contribution in [0, 0.1) is 20.2 Å². The van der Waals surface area contributed by atoms with Crippen LogP contribution in [0.2, 0.25) is 10.0 Å². The fourth-order valence-corrected chi connectivity index (χ4v) is 2.10. The van der Waals surface area contributed by atoms with E-state index >= 15 is 0 Å². The lowest BCUT2D eigenvalue weighted by molar-refractivity contribution is -0.385. The molecule has 0 unspecified atom stereocenters. The maximum Gasteiger partial charge on any atom is 0.278 e. The van der Waals surface area contributed by atoms with Crippen molar-refractivity contribution in [1.82, 2.24) is 0 Å². The topological polar surface area (TPSA) is 86.3 Å². The first-order valence-corrected chi connectivity index (χ1v) is 6.04. The van der Waals surface area contributed by atoms with Crippen molar-refractivity contribution in [3.05, 3.63) is 66.7 Å². The second-order valence-corrected chi connectivity index (χ2v) is 4.68. The zero-order valence-electron chi connectivity index (χ0n) is 9.75. The molecule has 0 aliphatic rings. The molecule has 20 heavy (non-hydrogen) atoms. The smallest absolute Gasteiger partial charge is 0.258 e. The summed E-state index contributed by atoms with van der Waals surface area (Å²) < 4.78 is 0. The highest BCUT2D eigenvalue weighted by molar-refractivity contribution is 6.34. The van der Waals surface area contributed by atoms with Crippen LogP contribution >= 0.6 is 23.2 Å². The SMILES string of the molecule is O=[N+]([O-])c1ccc(Cl)c(-c2ccc(Cl)cc2[N+](=O)[O-])c1. The Labute approximate surface area is 122 Å². The second kappa shape index (κ2) is 5.44. The second-order valence-electron chi connectivity index (χ2n) is 3.84. The summed E-state index contributed by atoms with van der Waals surface area (Å²) in [5.74, 6) is 0. The third kappa shape index (κ3) is 2.71. The van der Waals surface area contributed by atoms with Crippen LogP contribution < -0.4 is 0 Å². The van der Waals surface area contributed by atoms with Gasteiger partial charge in [-0.2, -0.15) is 0 Å². The minimum atomic E-state index is -0.615. The van der Waals surface area contributed by atoms with E-state index in [1.54, 1.807) is 0 Å². The number of non-ortho nitro benzene ring substituents is 1. The summed E-state index contributed by atoms with van der Waals surface area (Å²) in [5, 5.41) is 22.2. The van der Waals surface area contributed by atoms with Crippen LogP contribution in [-0.2, 0) is 0 Å². The third-order valence-electron chi connectivity index (χ3n) is 2.61. The van der Waals surface area contributed by atoms with Gasteiger partial charge in [0.25, 0.3) is 11.4 Å². The summed E-state index contributed by atoms with van der Waals surface area (Å²) in [6, 6.07) is 7.79. The molecule has 0 radical (unpaired) electrons. The highest BCUT2D eigenvalue weighted by atomic mass is 35.5. The van der Waals surface area contributed by atoms with E-state index in [-0.39, 0.29) is 32.5 Å². The molecule has 0 amide bonds. The summed E-state index contributed by atoms with van der Waals surface area (Å²) in [7, 11) is 0. The highest BCUT2D eigenvalue weighted by Crippen LogP contribution is 2.37. The average molecular weight is 313 g/mol. The third-order valence-corrected chi connectivity index (χ3v) is 3.17. The van der Waals surface area contributed by atoms with Gasteiger partial charge in [0.1, 0.15) is 0 Å². The van der Waals surface area contributed by atoms with E-state index in [9.17, 15) is 20.2 Å². The van der Waals surface area contributed by atoms with Gasteiger partial charge in [0, 0.05) is 33.8 Å². The van der Waals surface area contributed by atoms with Crippen LogP contribution in [0.1, 0.15) is 0 Å². The fourth-order valence-electron chi connectivity index (χ4n) is 1.72. The number of hydrogen-bond donors (Lipinski definition) is 0. The van der Waals surface area contributed by atoms with Crippen molar-refractivity contribution in [3.8, 4) is 11.1 Å². The van der Waals surface area contributed by atoms with E-state index in [0.717, 1.165) is 0 Å². The van der Waals surface area contributed by atoms with Crippen molar-refractivity contribution in [1.29, 1.82) is 0 Å². The van der Waals surface area contributed by atoms with Gasteiger partial charge in [-0.3, -0.25) is 20.2 Å². The monoisotopic (exact) mass is 312 g/mol. The standard InChI is InChI=1S/C12H6Cl2N2O4/c13-7-1-3-9(12(5-7)16(19)20)10-6-8(15(17)18)2-4-11(10)14/h1-6H. The summed E-state index contributed by atoms with van der Waals surface area (Å²) in [4.78, 5) is 20.6. The van der Waals surface area contributed by atoms with Crippen molar-refractivity contribution >= 4 is 34.6 Å². The van der Waals surface area contributed by atoms with Crippen molar-refractivity contribution in [2.24, 2.45) is 0 Å². The molecule has 0 saturated heterocycles. The maximum absolute atomic E-state index is 11.0. The van der Waals surface area contributed by atoms with Crippen molar-refractivity contribution in [2.75, 3.05) is 0 Å². The Hall–Kier alpha value is -2.18. The Bertz CT molecular complexity index is 719. The predicted octanol–water partition coefficient (Wildman–Crippen LogP) is 4.48. The highest BCUT2D eigenvalue weighted by Gasteiger charge is 2.20. The molecule has 2 aromatic rings. The van der Waals surface area contributed by atoms with Gasteiger partial charge in [0.2, 0.25) is 0 Å². The van der Waals surface area contributed by atoms with Gasteiger partial charge in [-0.1, -0.05) is 23.2 Å². The first-order chi connectivity index (χ1) is 9.40. The van der Waals surface area contributed by atoms with E-state index in [0.29, 0.717) is 0 Å². The molecule has 0 aliphatic heterocycles. The van der Waals surface area contributed by atoms with Crippen LogP contribution in [-0.4, -0.2) is 9.85 Å². The minimum absolute atomic E-state index is 0.174. The van der Waals surface area contributed by atoms with Gasteiger partial charge in [-0.25, -0.2) is 0 Å². The molecule has 102 valence electrons. The van der Waals surface area contributed by atoms with Crippen LogP contribution in [0.3, 0.4) is 0 Å². The van der Waals surface area contributed by atoms with Crippen LogP contribution in [0.4, 0.5) is 11.4 Å². The lowest BCUT2D eigenvalue weighted by Gasteiger charge is -2.06. The molecular weight excluding hydrogens is 307 g/mol. The molecule has 0 atom stereocenters. The minimum Gasteiger partial charge on any atom is -0.258 e. The van der Waals surface area contributed by atoms with Gasteiger partial charge in [0.15, 0.2) is 0 Å². The molecule has 2 aromatic carbocycles. The molecule has 0 N–H and O–H groups in total. The molecule has 6 nitrogen and oxygen atoms in total. The van der Waals surface area contributed by atoms with E-state index in [1.165, 1.54) is 36.4 Å². The molecule has 0 aliphatic carbocycles. The summed E-state index contributed by atoms with van der Waals surface area (Å²) in [5.41, 5.74) is -0.0779. The molecular formula is C12H6Cl2N2O4. The number of benzene rings is 2. The number of rotatable bonds is 3. The first kappa shape index (κ1) is 14.2. The average Bonchev–Trinajstić information content (AvgIpc) is 2.39. The molecule has 0 saturated carbocycles. The van der Waals surface area contributed by atoms with Crippen molar-refractivity contribution in [2.45, 2.75) is 0 Å². The Morgan fingerprint density at radius 2 is 1.55 bits per heavy atom. The number of nitro groups is 2. The molecule has 2 rings (SSSR count). The molecule has 0 spiro atoms. The number of hydrogen-bond acceptors (Lipinski definition) is 4.